The number of carbonyl (C=O) groups excluding carboxylic acids is 1. The largest absolute Gasteiger partial charge is 0.481 e. The molecule has 0 radical (unpaired) electrons. The van der Waals surface area contributed by atoms with Gasteiger partial charge in [0.25, 0.3) is 0 Å². The van der Waals surface area contributed by atoms with Gasteiger partial charge in [-0.25, -0.2) is 13.2 Å². The smallest absolute Gasteiger partial charge is 0.317 e. The molecular weight excluding hydrogens is 296 g/mol. The maximum Gasteiger partial charge on any atom is 0.317 e. The highest BCUT2D eigenvalue weighted by Crippen LogP contribution is 2.20. The van der Waals surface area contributed by atoms with Crippen LogP contribution in [0.5, 0.6) is 0 Å². The molecule has 8 heteroatoms. The van der Waals surface area contributed by atoms with Gasteiger partial charge in [0.2, 0.25) is 0 Å². The Balaban J connectivity index is 2.28. The van der Waals surface area contributed by atoms with Crippen LogP contribution in [0.15, 0.2) is 0 Å². The van der Waals surface area contributed by atoms with E-state index in [1.165, 1.54) is 6.26 Å². The number of carbonyl (C=O) groups is 2. The van der Waals surface area contributed by atoms with Crippen molar-refractivity contribution in [3.05, 3.63) is 0 Å². The first-order valence-electron chi connectivity index (χ1n) is 7.20. The first-order chi connectivity index (χ1) is 9.78. The van der Waals surface area contributed by atoms with E-state index in [1.54, 1.807) is 4.90 Å². The molecule has 1 atom stereocenters. The first-order valence-corrected chi connectivity index (χ1v) is 9.26. The summed E-state index contributed by atoms with van der Waals surface area (Å²) < 4.78 is 22.0. The molecule has 122 valence electrons. The third kappa shape index (κ3) is 7.89. The van der Waals surface area contributed by atoms with Crippen molar-refractivity contribution >= 4 is 21.8 Å². The Morgan fingerprint density at radius 3 is 2.71 bits per heavy atom. The molecule has 0 spiro atoms. The lowest BCUT2D eigenvalue weighted by Gasteiger charge is -2.32. The number of likely N-dealkylation sites (tertiary alicyclic amines) is 1. The molecule has 0 aromatic carbocycles. The van der Waals surface area contributed by atoms with Crippen LogP contribution in [0.2, 0.25) is 0 Å². The van der Waals surface area contributed by atoms with Crippen LogP contribution in [0, 0.1) is 5.92 Å². The summed E-state index contributed by atoms with van der Waals surface area (Å²) in [6.45, 7) is 1.58. The van der Waals surface area contributed by atoms with Gasteiger partial charge in [0.05, 0.1) is 5.75 Å². The molecule has 2 N–H and O–H groups in total. The molecule has 1 unspecified atom stereocenters. The third-order valence-electron chi connectivity index (χ3n) is 3.54. The summed E-state index contributed by atoms with van der Waals surface area (Å²) in [7, 11) is -2.99. The first kappa shape index (κ1) is 17.7. The van der Waals surface area contributed by atoms with E-state index in [2.05, 4.69) is 5.32 Å². The Labute approximate surface area is 125 Å². The predicted octanol–water partition coefficient (Wildman–Crippen LogP) is 0.708. The molecule has 1 rings (SSSR count). The number of hydrogen-bond donors (Lipinski definition) is 2. The average Bonchev–Trinajstić information content (AvgIpc) is 2.40. The Bertz CT molecular complexity index is 463. The molecule has 21 heavy (non-hydrogen) atoms. The van der Waals surface area contributed by atoms with Crippen LogP contribution in [0.25, 0.3) is 0 Å². The maximum absolute atomic E-state index is 12.0. The van der Waals surface area contributed by atoms with E-state index in [-0.39, 0.29) is 24.1 Å². The molecule has 0 aromatic rings. The van der Waals surface area contributed by atoms with Crippen LogP contribution in [-0.2, 0) is 14.6 Å². The summed E-state index contributed by atoms with van der Waals surface area (Å²) in [6, 6.07) is -0.191. The lowest BCUT2D eigenvalue weighted by atomic mass is 9.93. The average molecular weight is 320 g/mol. The van der Waals surface area contributed by atoms with Crippen LogP contribution in [0.3, 0.4) is 0 Å². The van der Waals surface area contributed by atoms with Gasteiger partial charge < -0.3 is 15.3 Å². The molecule has 1 aliphatic rings. The molecule has 0 aliphatic carbocycles. The zero-order chi connectivity index (χ0) is 15.9. The number of rotatable bonds is 7. The number of nitrogens with one attached hydrogen (secondary N) is 1. The normalized spacial score (nSPS) is 19.3. The van der Waals surface area contributed by atoms with Crippen molar-refractivity contribution in [2.75, 3.05) is 31.6 Å². The van der Waals surface area contributed by atoms with Crippen molar-refractivity contribution in [2.24, 2.45) is 5.92 Å². The fourth-order valence-electron chi connectivity index (χ4n) is 2.45. The van der Waals surface area contributed by atoms with Crippen molar-refractivity contribution in [1.82, 2.24) is 10.2 Å². The van der Waals surface area contributed by atoms with E-state index in [0.717, 1.165) is 12.8 Å². The number of piperidine rings is 1. The van der Waals surface area contributed by atoms with Crippen LogP contribution >= 0.6 is 0 Å². The van der Waals surface area contributed by atoms with Gasteiger partial charge >= 0.3 is 12.0 Å². The quantitative estimate of drug-likeness (QED) is 0.672. The number of hydrogen-bond acceptors (Lipinski definition) is 4. The van der Waals surface area contributed by atoms with Crippen molar-refractivity contribution in [3.8, 4) is 0 Å². The Hall–Kier alpha value is -1.31. The Morgan fingerprint density at radius 2 is 2.10 bits per heavy atom. The van der Waals surface area contributed by atoms with E-state index in [9.17, 15) is 18.0 Å². The minimum absolute atomic E-state index is 0.0640. The van der Waals surface area contributed by atoms with Crippen LogP contribution in [-0.4, -0.2) is 62.1 Å². The predicted molar refractivity (Wildman–Crippen MR) is 78.9 cm³/mol. The van der Waals surface area contributed by atoms with Gasteiger partial charge in [-0.1, -0.05) is 0 Å². The van der Waals surface area contributed by atoms with E-state index in [0.29, 0.717) is 32.5 Å². The highest BCUT2D eigenvalue weighted by molar-refractivity contribution is 7.90. The lowest BCUT2D eigenvalue weighted by Crippen LogP contribution is -2.46. The molecule has 1 heterocycles. The number of amides is 2. The van der Waals surface area contributed by atoms with E-state index < -0.39 is 15.8 Å². The molecule has 0 aromatic heterocycles. The summed E-state index contributed by atoms with van der Waals surface area (Å²) in [5, 5.41) is 11.4. The van der Waals surface area contributed by atoms with Gasteiger partial charge in [-0.2, -0.15) is 0 Å². The number of sulfone groups is 1. The van der Waals surface area contributed by atoms with Crippen molar-refractivity contribution in [3.63, 3.8) is 0 Å². The second kappa shape index (κ2) is 8.21. The van der Waals surface area contributed by atoms with Gasteiger partial charge in [-0.15, -0.1) is 0 Å². The van der Waals surface area contributed by atoms with E-state index in [1.807, 2.05) is 0 Å². The molecule has 1 aliphatic heterocycles. The molecule has 7 nitrogen and oxygen atoms in total. The van der Waals surface area contributed by atoms with Crippen LogP contribution in [0.1, 0.15) is 32.1 Å². The third-order valence-corrected chi connectivity index (χ3v) is 4.57. The SMILES string of the molecule is CS(=O)(=O)CCCNC(=O)N1CCCC(CCC(=O)O)C1. The number of nitrogens with zero attached hydrogens (tertiary/aromatic N) is 1. The Morgan fingerprint density at radius 1 is 1.38 bits per heavy atom. The van der Waals surface area contributed by atoms with Gasteiger partial charge in [0, 0.05) is 32.3 Å². The zero-order valence-corrected chi connectivity index (χ0v) is 13.2. The molecular formula is C13H24N2O5S. The summed E-state index contributed by atoms with van der Waals surface area (Å²) >= 11 is 0. The van der Waals surface area contributed by atoms with Crippen molar-refractivity contribution < 1.29 is 23.1 Å². The number of aliphatic carboxylic acids is 1. The van der Waals surface area contributed by atoms with Gasteiger partial charge in [0.1, 0.15) is 9.84 Å². The number of carboxylic acids is 1. The van der Waals surface area contributed by atoms with Gasteiger partial charge in [-0.05, 0) is 31.6 Å². The standard InChI is InChI=1S/C13H24N2O5S/c1-21(19,20)9-3-7-14-13(18)15-8-2-4-11(10-15)5-6-12(16)17/h11H,2-10H2,1H3,(H,14,18)(H,16,17). The fourth-order valence-corrected chi connectivity index (χ4v) is 3.12. The van der Waals surface area contributed by atoms with Gasteiger partial charge in [-0.3, -0.25) is 4.79 Å². The van der Waals surface area contributed by atoms with Gasteiger partial charge in [0.15, 0.2) is 0 Å². The summed E-state index contributed by atoms with van der Waals surface area (Å²) in [5.74, 6) is -0.511. The molecule has 0 saturated carbocycles. The molecule has 0 bridgehead atoms. The monoisotopic (exact) mass is 320 g/mol. The topological polar surface area (TPSA) is 104 Å². The maximum atomic E-state index is 12.0. The minimum atomic E-state index is -2.99. The second-order valence-electron chi connectivity index (χ2n) is 5.60. The molecule has 2 amide bonds. The molecule has 1 fully saturated rings. The number of urea groups is 1. The Kier molecular flexibility index (Phi) is 6.94. The summed E-state index contributed by atoms with van der Waals surface area (Å²) in [6.07, 6.45) is 4.13. The van der Waals surface area contributed by atoms with Crippen LogP contribution < -0.4 is 5.32 Å². The highest BCUT2D eigenvalue weighted by Gasteiger charge is 2.23. The highest BCUT2D eigenvalue weighted by atomic mass is 32.2. The number of carboxylic acid groups (broad SMARTS) is 1. The summed E-state index contributed by atoms with van der Waals surface area (Å²) in [4.78, 5) is 24.2. The second-order valence-corrected chi connectivity index (χ2v) is 7.86. The lowest BCUT2D eigenvalue weighted by molar-refractivity contribution is -0.137. The van der Waals surface area contributed by atoms with Crippen LogP contribution in [0.4, 0.5) is 4.79 Å². The fraction of sp³-hybridized carbons (Fsp3) is 0.846. The van der Waals surface area contributed by atoms with Crippen molar-refractivity contribution in [2.45, 2.75) is 32.1 Å². The van der Waals surface area contributed by atoms with Crippen molar-refractivity contribution in [1.29, 1.82) is 0 Å². The van der Waals surface area contributed by atoms with E-state index in [4.69, 9.17) is 5.11 Å². The summed E-state index contributed by atoms with van der Waals surface area (Å²) in [5.41, 5.74) is 0. The minimum Gasteiger partial charge on any atom is -0.481 e. The molecule has 1 saturated heterocycles. The van der Waals surface area contributed by atoms with E-state index >= 15 is 0 Å². The zero-order valence-electron chi connectivity index (χ0n) is 12.4.